The first kappa shape index (κ1) is 22.5. The number of aryl methyl sites for hydroxylation is 1. The third kappa shape index (κ3) is 6.87. The normalized spacial score (nSPS) is 10.8. The highest BCUT2D eigenvalue weighted by molar-refractivity contribution is 6.03. The molecule has 0 saturated heterocycles. The van der Waals surface area contributed by atoms with Gasteiger partial charge in [0, 0.05) is 26.1 Å². The summed E-state index contributed by atoms with van der Waals surface area (Å²) in [5.41, 5.74) is 1.39. The molecule has 6 heteroatoms. The standard InChI is InChI=1S/C16H20N2O4.C3H8/c1-11-6-7-13(12(9-11)10-20)16(22)18(3)14(5-4-8-19)15(21)17-2;1-3-2/h6-10,14H,4-5H2,1-3H3,(H,17,21);3H2,1-2H3. The monoisotopic (exact) mass is 348 g/mol. The van der Waals surface area contributed by atoms with E-state index in [2.05, 4.69) is 19.2 Å². The molecule has 0 fully saturated rings. The number of benzene rings is 1. The van der Waals surface area contributed by atoms with E-state index < -0.39 is 11.9 Å². The van der Waals surface area contributed by atoms with Gasteiger partial charge in [0.2, 0.25) is 5.91 Å². The summed E-state index contributed by atoms with van der Waals surface area (Å²) in [6, 6.07) is 4.16. The zero-order chi connectivity index (χ0) is 19.4. The molecular weight excluding hydrogens is 320 g/mol. The van der Waals surface area contributed by atoms with Crippen LogP contribution in [0.15, 0.2) is 18.2 Å². The maximum Gasteiger partial charge on any atom is 0.255 e. The Morgan fingerprint density at radius 1 is 1.24 bits per heavy atom. The van der Waals surface area contributed by atoms with E-state index in [1.807, 2.05) is 6.92 Å². The molecule has 0 radical (unpaired) electrons. The minimum absolute atomic E-state index is 0.171. The van der Waals surface area contributed by atoms with Crippen molar-refractivity contribution in [2.75, 3.05) is 14.1 Å². The molecule has 1 aromatic rings. The molecular formula is C19H28N2O4. The number of carbonyl (C=O) groups excluding carboxylic acids is 4. The largest absolute Gasteiger partial charge is 0.357 e. The summed E-state index contributed by atoms with van der Waals surface area (Å²) in [4.78, 5) is 47.4. The smallest absolute Gasteiger partial charge is 0.255 e. The fourth-order valence-electron chi connectivity index (χ4n) is 2.20. The first-order valence-corrected chi connectivity index (χ1v) is 8.35. The zero-order valence-electron chi connectivity index (χ0n) is 15.7. The first-order chi connectivity index (χ1) is 11.9. The van der Waals surface area contributed by atoms with Crippen LogP contribution in [0.1, 0.15) is 59.4 Å². The van der Waals surface area contributed by atoms with Gasteiger partial charge in [-0.1, -0.05) is 31.9 Å². The van der Waals surface area contributed by atoms with E-state index in [0.29, 0.717) is 12.6 Å². The molecule has 0 spiro atoms. The molecule has 1 unspecified atom stereocenters. The highest BCUT2D eigenvalue weighted by atomic mass is 16.2. The van der Waals surface area contributed by atoms with Gasteiger partial charge in [0.15, 0.2) is 6.29 Å². The number of nitrogens with one attached hydrogen (secondary N) is 1. The Morgan fingerprint density at radius 2 is 1.84 bits per heavy atom. The summed E-state index contributed by atoms with van der Waals surface area (Å²) >= 11 is 0. The van der Waals surface area contributed by atoms with Gasteiger partial charge in [-0.3, -0.25) is 14.4 Å². The maximum absolute atomic E-state index is 12.6. The van der Waals surface area contributed by atoms with Crippen molar-refractivity contribution in [2.24, 2.45) is 0 Å². The van der Waals surface area contributed by atoms with E-state index in [1.54, 1.807) is 18.2 Å². The maximum atomic E-state index is 12.6. The van der Waals surface area contributed by atoms with Crippen LogP contribution in [0.3, 0.4) is 0 Å². The second-order valence-electron chi connectivity index (χ2n) is 5.71. The summed E-state index contributed by atoms with van der Waals surface area (Å²) in [5, 5.41) is 2.48. The number of amides is 2. The lowest BCUT2D eigenvalue weighted by Gasteiger charge is -2.27. The lowest BCUT2D eigenvalue weighted by atomic mass is 10.0. The quantitative estimate of drug-likeness (QED) is 0.767. The lowest BCUT2D eigenvalue weighted by Crippen LogP contribution is -2.47. The SMILES string of the molecule is CCC.CNC(=O)C(CCC=O)N(C)C(=O)c1ccc(C)cc1C=O. The number of hydrogen-bond donors (Lipinski definition) is 1. The first-order valence-electron chi connectivity index (χ1n) is 8.35. The Bertz CT molecular complexity index is 599. The number of carbonyl (C=O) groups is 4. The second kappa shape index (κ2) is 11.9. The Labute approximate surface area is 149 Å². The Kier molecular flexibility index (Phi) is 10.8. The van der Waals surface area contributed by atoms with Crippen molar-refractivity contribution in [1.82, 2.24) is 10.2 Å². The van der Waals surface area contributed by atoms with E-state index in [1.165, 1.54) is 25.4 Å². The van der Waals surface area contributed by atoms with Crippen LogP contribution >= 0.6 is 0 Å². The number of rotatable bonds is 7. The van der Waals surface area contributed by atoms with Crippen LogP contribution in [0.5, 0.6) is 0 Å². The molecule has 1 aromatic carbocycles. The molecule has 0 bridgehead atoms. The van der Waals surface area contributed by atoms with Crippen LogP contribution in [-0.2, 0) is 9.59 Å². The van der Waals surface area contributed by atoms with E-state index in [9.17, 15) is 19.2 Å². The molecule has 138 valence electrons. The van der Waals surface area contributed by atoms with Crippen molar-refractivity contribution < 1.29 is 19.2 Å². The molecule has 0 aromatic heterocycles. The van der Waals surface area contributed by atoms with Gasteiger partial charge in [0.1, 0.15) is 12.3 Å². The zero-order valence-corrected chi connectivity index (χ0v) is 15.7. The van der Waals surface area contributed by atoms with E-state index >= 15 is 0 Å². The molecule has 0 aliphatic rings. The number of likely N-dealkylation sites (N-methyl/N-ethyl adjacent to an activating group) is 2. The molecule has 1 rings (SSSR count). The van der Waals surface area contributed by atoms with Crippen molar-refractivity contribution in [1.29, 1.82) is 0 Å². The van der Waals surface area contributed by atoms with Gasteiger partial charge in [-0.25, -0.2) is 0 Å². The predicted octanol–water partition coefficient (Wildman–Crippen LogP) is 2.39. The van der Waals surface area contributed by atoms with E-state index in [-0.39, 0.29) is 29.9 Å². The van der Waals surface area contributed by atoms with Crippen LogP contribution in [0.4, 0.5) is 0 Å². The number of aldehydes is 2. The summed E-state index contributed by atoms with van der Waals surface area (Å²) in [7, 11) is 2.96. The fraction of sp³-hybridized carbons (Fsp3) is 0.474. The summed E-state index contributed by atoms with van der Waals surface area (Å²) < 4.78 is 0. The molecule has 1 atom stereocenters. The summed E-state index contributed by atoms with van der Waals surface area (Å²) in [6.07, 6.45) is 2.98. The summed E-state index contributed by atoms with van der Waals surface area (Å²) in [5.74, 6) is -0.779. The molecule has 6 nitrogen and oxygen atoms in total. The minimum atomic E-state index is -0.761. The van der Waals surface area contributed by atoms with Crippen LogP contribution in [0, 0.1) is 6.92 Å². The van der Waals surface area contributed by atoms with Crippen LogP contribution in [0.25, 0.3) is 0 Å². The van der Waals surface area contributed by atoms with Crippen molar-refractivity contribution in [3.8, 4) is 0 Å². The van der Waals surface area contributed by atoms with Gasteiger partial charge in [-0.15, -0.1) is 0 Å². The Morgan fingerprint density at radius 3 is 2.32 bits per heavy atom. The van der Waals surface area contributed by atoms with Gasteiger partial charge < -0.3 is 15.0 Å². The van der Waals surface area contributed by atoms with Gasteiger partial charge in [0.25, 0.3) is 5.91 Å². The van der Waals surface area contributed by atoms with Crippen molar-refractivity contribution in [3.05, 3.63) is 34.9 Å². The molecule has 0 aliphatic heterocycles. The van der Waals surface area contributed by atoms with Gasteiger partial charge in [0.05, 0.1) is 5.56 Å². The van der Waals surface area contributed by atoms with Crippen molar-refractivity contribution in [2.45, 2.75) is 46.1 Å². The third-order valence-electron chi connectivity index (χ3n) is 3.46. The van der Waals surface area contributed by atoms with Gasteiger partial charge >= 0.3 is 0 Å². The third-order valence-corrected chi connectivity index (χ3v) is 3.46. The van der Waals surface area contributed by atoms with Gasteiger partial charge in [-0.2, -0.15) is 0 Å². The van der Waals surface area contributed by atoms with Crippen LogP contribution in [0.2, 0.25) is 0 Å². The molecule has 0 heterocycles. The fourth-order valence-corrected chi connectivity index (χ4v) is 2.20. The molecule has 25 heavy (non-hydrogen) atoms. The highest BCUT2D eigenvalue weighted by Gasteiger charge is 2.27. The average Bonchev–Trinajstić information content (AvgIpc) is 2.61. The van der Waals surface area contributed by atoms with Crippen molar-refractivity contribution in [3.63, 3.8) is 0 Å². The number of nitrogens with zero attached hydrogens (tertiary/aromatic N) is 1. The van der Waals surface area contributed by atoms with Gasteiger partial charge in [-0.05, 0) is 25.5 Å². The van der Waals surface area contributed by atoms with Crippen LogP contribution in [-0.4, -0.2) is 49.4 Å². The molecule has 2 amide bonds. The Balaban J connectivity index is 0.00000178. The lowest BCUT2D eigenvalue weighted by molar-refractivity contribution is -0.125. The highest BCUT2D eigenvalue weighted by Crippen LogP contribution is 2.15. The van der Waals surface area contributed by atoms with E-state index in [0.717, 1.165) is 5.56 Å². The Hall–Kier alpha value is -2.50. The molecule has 0 aliphatic carbocycles. The topological polar surface area (TPSA) is 83.6 Å². The average molecular weight is 348 g/mol. The summed E-state index contributed by atoms with van der Waals surface area (Å²) in [6.45, 7) is 6.07. The van der Waals surface area contributed by atoms with Crippen molar-refractivity contribution >= 4 is 24.4 Å². The molecule has 0 saturated carbocycles. The van der Waals surface area contributed by atoms with Crippen LogP contribution < -0.4 is 5.32 Å². The molecule has 1 N–H and O–H groups in total. The van der Waals surface area contributed by atoms with E-state index in [4.69, 9.17) is 0 Å². The minimum Gasteiger partial charge on any atom is -0.357 e. The number of hydrogen-bond acceptors (Lipinski definition) is 4. The predicted molar refractivity (Wildman–Crippen MR) is 97.8 cm³/mol. The second-order valence-corrected chi connectivity index (χ2v) is 5.71.